The fourth-order valence-electron chi connectivity index (χ4n) is 1.06. The van der Waals surface area contributed by atoms with Gasteiger partial charge in [-0.1, -0.05) is 45.3 Å². The first-order chi connectivity index (χ1) is 8.86. The Labute approximate surface area is 115 Å². The smallest absolute Gasteiger partial charge is 0.330 e. The summed E-state index contributed by atoms with van der Waals surface area (Å²) in [6.45, 7) is 7.34. The first-order valence-corrected chi connectivity index (χ1v) is 6.66. The summed E-state index contributed by atoms with van der Waals surface area (Å²) in [7, 11) is 0. The molecule has 4 heteroatoms. The van der Waals surface area contributed by atoms with Gasteiger partial charge in [-0.15, -0.1) is 0 Å². The number of aliphatic carboxylic acids is 2. The van der Waals surface area contributed by atoms with Crippen LogP contribution in [-0.4, -0.2) is 22.2 Å². The van der Waals surface area contributed by atoms with Crippen LogP contribution in [-0.2, 0) is 9.59 Å². The number of carboxylic acids is 2. The first kappa shape index (κ1) is 19.8. The molecule has 4 nitrogen and oxygen atoms in total. The first-order valence-electron chi connectivity index (χ1n) is 6.66. The Morgan fingerprint density at radius 2 is 1.26 bits per heavy atom. The fourth-order valence-corrected chi connectivity index (χ4v) is 1.06. The number of carboxylic acid groups (broad SMARTS) is 2. The average Bonchev–Trinajstić information content (AvgIpc) is 2.36. The second kappa shape index (κ2) is 12.9. The molecule has 0 saturated carbocycles. The second-order valence-electron chi connectivity index (χ2n) is 4.32. The molecule has 0 saturated heterocycles. The van der Waals surface area contributed by atoms with Crippen LogP contribution in [0.5, 0.6) is 0 Å². The molecule has 110 valence electrons. The number of rotatable bonds is 7. The Hall–Kier alpha value is -1.58. The molecule has 0 aliphatic rings. The van der Waals surface area contributed by atoms with Crippen molar-refractivity contribution in [3.05, 3.63) is 23.3 Å². The van der Waals surface area contributed by atoms with Crippen LogP contribution in [0.3, 0.4) is 0 Å². The van der Waals surface area contributed by atoms with Crippen molar-refractivity contribution in [1.29, 1.82) is 0 Å². The number of unbranched alkanes of at least 4 members (excludes halogenated alkanes) is 3. The van der Waals surface area contributed by atoms with Gasteiger partial charge in [-0.25, -0.2) is 9.59 Å². The Morgan fingerprint density at radius 3 is 1.58 bits per heavy atom. The van der Waals surface area contributed by atoms with Gasteiger partial charge in [0.1, 0.15) is 0 Å². The van der Waals surface area contributed by atoms with Gasteiger partial charge in [0.15, 0.2) is 0 Å². The van der Waals surface area contributed by atoms with Crippen molar-refractivity contribution >= 4 is 11.9 Å². The molecule has 2 N–H and O–H groups in total. The largest absolute Gasteiger partial charge is 0.478 e. The zero-order valence-electron chi connectivity index (χ0n) is 12.4. The number of carbonyl (C=O) groups is 2. The third kappa shape index (κ3) is 14.4. The van der Waals surface area contributed by atoms with E-state index < -0.39 is 11.9 Å². The summed E-state index contributed by atoms with van der Waals surface area (Å²) < 4.78 is 0. The van der Waals surface area contributed by atoms with Gasteiger partial charge >= 0.3 is 11.9 Å². The monoisotopic (exact) mass is 270 g/mol. The molecule has 0 spiro atoms. The highest BCUT2D eigenvalue weighted by atomic mass is 16.4. The molecule has 0 aromatic carbocycles. The van der Waals surface area contributed by atoms with Gasteiger partial charge in [0, 0.05) is 11.1 Å². The SMILES string of the molecule is CCCC=C(C)C(=O)O.CCCCC=C(C)C(=O)O. The van der Waals surface area contributed by atoms with Crippen LogP contribution in [0.1, 0.15) is 59.8 Å². The lowest BCUT2D eigenvalue weighted by Crippen LogP contribution is -1.95. The molecule has 19 heavy (non-hydrogen) atoms. The fraction of sp³-hybridized carbons (Fsp3) is 0.600. The summed E-state index contributed by atoms with van der Waals surface area (Å²) >= 11 is 0. The molecule has 0 aromatic rings. The zero-order valence-corrected chi connectivity index (χ0v) is 12.4. The molecule has 0 aromatic heterocycles. The van der Waals surface area contributed by atoms with E-state index in [0.29, 0.717) is 11.1 Å². The zero-order chi connectivity index (χ0) is 15.3. The van der Waals surface area contributed by atoms with E-state index in [9.17, 15) is 9.59 Å². The maximum Gasteiger partial charge on any atom is 0.330 e. The second-order valence-corrected chi connectivity index (χ2v) is 4.32. The summed E-state index contributed by atoms with van der Waals surface area (Å²) in [4.78, 5) is 20.4. The van der Waals surface area contributed by atoms with Crippen molar-refractivity contribution in [2.75, 3.05) is 0 Å². The van der Waals surface area contributed by atoms with Gasteiger partial charge in [0.25, 0.3) is 0 Å². The van der Waals surface area contributed by atoms with E-state index in [2.05, 4.69) is 6.92 Å². The van der Waals surface area contributed by atoms with E-state index in [1.54, 1.807) is 26.0 Å². The lowest BCUT2D eigenvalue weighted by atomic mass is 10.2. The highest BCUT2D eigenvalue weighted by Crippen LogP contribution is 2.00. The summed E-state index contributed by atoms with van der Waals surface area (Å²) in [5, 5.41) is 16.8. The Balaban J connectivity index is 0. The predicted octanol–water partition coefficient (Wildman–Crippen LogP) is 4.02. The lowest BCUT2D eigenvalue weighted by molar-refractivity contribution is -0.133. The summed E-state index contributed by atoms with van der Waals surface area (Å²) in [5.41, 5.74) is 0.894. The van der Waals surface area contributed by atoms with Gasteiger partial charge < -0.3 is 10.2 Å². The molecule has 0 fully saturated rings. The van der Waals surface area contributed by atoms with Crippen molar-refractivity contribution in [1.82, 2.24) is 0 Å². The highest BCUT2D eigenvalue weighted by Gasteiger charge is 1.96. The molecule has 0 amide bonds. The summed E-state index contributed by atoms with van der Waals surface area (Å²) in [6.07, 6.45) is 8.44. The molecule has 0 rings (SSSR count). The van der Waals surface area contributed by atoms with Gasteiger partial charge in [0.05, 0.1) is 0 Å². The quantitative estimate of drug-likeness (QED) is 0.541. The molecule has 0 unspecified atom stereocenters. The van der Waals surface area contributed by atoms with E-state index in [0.717, 1.165) is 32.1 Å². The molecule has 0 atom stereocenters. The van der Waals surface area contributed by atoms with E-state index in [1.165, 1.54) is 0 Å². The van der Waals surface area contributed by atoms with E-state index >= 15 is 0 Å². The van der Waals surface area contributed by atoms with Crippen molar-refractivity contribution in [3.63, 3.8) is 0 Å². The molecule has 0 bridgehead atoms. The minimum atomic E-state index is -0.816. The molecule has 0 heterocycles. The third-order valence-corrected chi connectivity index (χ3v) is 2.42. The Kier molecular flexibility index (Phi) is 13.4. The van der Waals surface area contributed by atoms with Crippen LogP contribution in [0.2, 0.25) is 0 Å². The van der Waals surface area contributed by atoms with Gasteiger partial charge in [0.2, 0.25) is 0 Å². The Bertz CT molecular complexity index is 327. The van der Waals surface area contributed by atoms with Crippen LogP contribution in [0.15, 0.2) is 23.3 Å². The van der Waals surface area contributed by atoms with Crippen LogP contribution in [0.4, 0.5) is 0 Å². The average molecular weight is 270 g/mol. The number of hydrogen-bond acceptors (Lipinski definition) is 2. The molecular formula is C15H26O4. The van der Waals surface area contributed by atoms with E-state index in [1.807, 2.05) is 6.92 Å². The van der Waals surface area contributed by atoms with Crippen molar-refractivity contribution in [2.24, 2.45) is 0 Å². The summed E-state index contributed by atoms with van der Waals surface area (Å²) in [5.74, 6) is -1.63. The maximum atomic E-state index is 10.2. The molecule has 0 radical (unpaired) electrons. The molecular weight excluding hydrogens is 244 g/mol. The molecule has 0 aliphatic carbocycles. The number of hydrogen-bond donors (Lipinski definition) is 2. The van der Waals surface area contributed by atoms with Crippen molar-refractivity contribution in [3.8, 4) is 0 Å². The Morgan fingerprint density at radius 1 is 0.842 bits per heavy atom. The lowest BCUT2D eigenvalue weighted by Gasteiger charge is -1.91. The summed E-state index contributed by atoms with van der Waals surface area (Å²) in [6, 6.07) is 0. The van der Waals surface area contributed by atoms with Crippen LogP contribution in [0.25, 0.3) is 0 Å². The van der Waals surface area contributed by atoms with Crippen LogP contribution >= 0.6 is 0 Å². The van der Waals surface area contributed by atoms with Crippen molar-refractivity contribution < 1.29 is 19.8 Å². The van der Waals surface area contributed by atoms with Gasteiger partial charge in [-0.2, -0.15) is 0 Å². The minimum Gasteiger partial charge on any atom is -0.478 e. The topological polar surface area (TPSA) is 74.6 Å². The number of allylic oxidation sites excluding steroid dienone is 2. The molecule has 0 aliphatic heterocycles. The predicted molar refractivity (Wildman–Crippen MR) is 77.2 cm³/mol. The highest BCUT2D eigenvalue weighted by molar-refractivity contribution is 5.86. The maximum absolute atomic E-state index is 10.2. The van der Waals surface area contributed by atoms with Gasteiger partial charge in [-0.3, -0.25) is 0 Å². The normalized spacial score (nSPS) is 11.6. The van der Waals surface area contributed by atoms with E-state index in [4.69, 9.17) is 10.2 Å². The van der Waals surface area contributed by atoms with Gasteiger partial charge in [-0.05, 0) is 26.7 Å². The third-order valence-electron chi connectivity index (χ3n) is 2.42. The minimum absolute atomic E-state index is 0.442. The van der Waals surface area contributed by atoms with E-state index in [-0.39, 0.29) is 0 Å². The van der Waals surface area contributed by atoms with Crippen molar-refractivity contribution in [2.45, 2.75) is 59.8 Å². The standard InChI is InChI=1S/C8H14O2.C7H12O2/c1-3-4-5-6-7(2)8(9)10;1-3-4-5-6(2)7(8)9/h6H,3-5H2,1-2H3,(H,9,10);5H,3-4H2,1-2H3,(H,8,9). The van der Waals surface area contributed by atoms with Crippen LogP contribution < -0.4 is 0 Å². The van der Waals surface area contributed by atoms with Crippen LogP contribution in [0, 0.1) is 0 Å².